The molecule has 0 bridgehead atoms. The number of unbranched alkanes of at least 4 members (excludes halogenated alkanes) is 3. The monoisotopic (exact) mass is 1080 g/mol. The van der Waals surface area contributed by atoms with Crippen molar-refractivity contribution < 1.29 is 66.7 Å². The minimum absolute atomic E-state index is 0.0901. The number of carbonyl (C=O) groups is 2. The van der Waals surface area contributed by atoms with Crippen LogP contribution in [0.5, 0.6) is 5.75 Å². The van der Waals surface area contributed by atoms with Crippen molar-refractivity contribution >= 4 is 42.4 Å². The summed E-state index contributed by atoms with van der Waals surface area (Å²) in [5, 5.41) is 30.7. The number of rotatable bonds is 34. The highest BCUT2D eigenvalue weighted by atomic mass is 31.2. The van der Waals surface area contributed by atoms with E-state index in [1.807, 2.05) is 0 Å². The lowest BCUT2D eigenvalue weighted by molar-refractivity contribution is -0.124. The number of phosphoric acid groups is 1. The number of benzene rings is 1. The Morgan fingerprint density at radius 1 is 0.933 bits per heavy atom. The smallest absolute Gasteiger partial charge is 0.472 e. The number of phosphoric ester groups is 1. The number of nitrogens with zero attached hydrogens (tertiary/aromatic N) is 7. The van der Waals surface area contributed by atoms with Gasteiger partial charge < -0.3 is 70.1 Å². The molecule has 0 radical (unpaired) electrons. The Labute approximate surface area is 435 Å². The maximum absolute atomic E-state index is 13.6. The molecule has 8 N–H and O–H groups in total. The summed E-state index contributed by atoms with van der Waals surface area (Å²) in [4.78, 5) is 68.5. The highest BCUT2D eigenvalue weighted by molar-refractivity contribution is 7.47. The van der Waals surface area contributed by atoms with Gasteiger partial charge in [0.15, 0.2) is 23.2 Å². The van der Waals surface area contributed by atoms with Gasteiger partial charge in [0.1, 0.15) is 48.5 Å². The van der Waals surface area contributed by atoms with Crippen molar-refractivity contribution in [1.29, 1.82) is 0 Å². The summed E-state index contributed by atoms with van der Waals surface area (Å²) in [7, 11) is 0.0957. The summed E-state index contributed by atoms with van der Waals surface area (Å²) < 4.78 is 61.3. The zero-order valence-corrected chi connectivity index (χ0v) is 44.0. The van der Waals surface area contributed by atoms with Crippen molar-refractivity contribution in [3.63, 3.8) is 0 Å². The molecule has 2 fully saturated rings. The Morgan fingerprint density at radius 2 is 1.65 bits per heavy atom. The molecule has 2 aliphatic rings. The van der Waals surface area contributed by atoms with E-state index in [1.165, 1.54) is 35.1 Å². The Kier molecular flexibility index (Phi) is 23.5. The molecule has 0 saturated carbocycles. The van der Waals surface area contributed by atoms with Gasteiger partial charge >= 0.3 is 13.5 Å². The van der Waals surface area contributed by atoms with E-state index in [4.69, 9.17) is 43.2 Å². The van der Waals surface area contributed by atoms with Gasteiger partial charge in [-0.05, 0) is 49.4 Å². The number of hydrogen-bond acceptors (Lipinski definition) is 21. The number of ether oxygens (including phenoxy) is 6. The first kappa shape index (κ1) is 59.0. The SMILES string of the molecule is CCCCCCC(=O)NCCCOCCOCCOCCCNc1ccn([C@H]2C[C@@H](OP(=O)(O)OC[C@H]3O[C@@H](n4cnc5c(N(C)C)ncnc54)C(O)[C@H]3NC(=O)C(N)Cc3ccc(OC)cc3)[C@@H](CO)O2)c(=O)n1. The normalized spacial score (nSPS) is 21.7. The molecule has 75 heavy (non-hydrogen) atoms. The average Bonchev–Trinajstić information content (AvgIpc) is 4.10. The Morgan fingerprint density at radius 3 is 2.33 bits per heavy atom. The van der Waals surface area contributed by atoms with Gasteiger partial charge in [0.2, 0.25) is 11.8 Å². The first-order chi connectivity index (χ1) is 36.2. The molecule has 26 nitrogen and oxygen atoms in total. The number of carbonyl (C=O) groups excluding carboxylic acids is 2. The van der Waals surface area contributed by atoms with E-state index in [2.05, 4.69) is 42.8 Å². The number of aliphatic hydroxyl groups excluding tert-OH is 2. The quantitative estimate of drug-likeness (QED) is 0.0258. The zero-order valence-electron chi connectivity index (χ0n) is 43.1. The largest absolute Gasteiger partial charge is 0.497 e. The molecule has 5 heterocycles. The number of methoxy groups -OCH3 is 1. The van der Waals surface area contributed by atoms with E-state index >= 15 is 0 Å². The van der Waals surface area contributed by atoms with Crippen LogP contribution in [-0.4, -0.2) is 180 Å². The van der Waals surface area contributed by atoms with Crippen LogP contribution in [0, 0.1) is 0 Å². The van der Waals surface area contributed by atoms with Gasteiger partial charge in [-0.15, -0.1) is 0 Å². The number of amides is 2. The van der Waals surface area contributed by atoms with E-state index in [0.29, 0.717) is 94.1 Å². The highest BCUT2D eigenvalue weighted by Gasteiger charge is 2.48. The molecule has 2 saturated heterocycles. The van der Waals surface area contributed by atoms with Crippen molar-refractivity contribution in [2.24, 2.45) is 5.73 Å². The first-order valence-electron chi connectivity index (χ1n) is 25.3. The minimum atomic E-state index is -5.00. The standard InChI is InChI=1S/C48H74N11O15P/c1-5-6-7-8-11-39(61)51-18-10-21-69-23-25-70-24-22-68-20-9-17-50-38-16-19-58(48(64)55-38)40-27-35(36(28-60)72-40)74-75(65,66)71-29-37-41(56-46(63)34(49)26-32-12-14-33(67-4)15-13-32)43(62)47(73-37)59-31-54-42-44(57(2)3)52-30-53-45(42)59/h12-16,19,30-31,34-37,40-41,43,47,60,62H,5-11,17-18,20-29,49H2,1-4H3,(H,51,61)(H,56,63)(H,65,66)(H,50,55,64)/t34?,35-,36-,37-,40-,41+,43?,47-/m1/s1. The maximum Gasteiger partial charge on any atom is 0.472 e. The second-order valence-corrected chi connectivity index (χ2v) is 19.7. The number of nitrogens with two attached hydrogens (primary N) is 1. The molecule has 1 aromatic carbocycles. The van der Waals surface area contributed by atoms with E-state index in [-0.39, 0.29) is 18.7 Å². The van der Waals surface area contributed by atoms with Crippen LogP contribution in [0.3, 0.4) is 0 Å². The lowest BCUT2D eigenvalue weighted by Gasteiger charge is -2.25. The van der Waals surface area contributed by atoms with Crippen molar-refractivity contribution in [3.8, 4) is 5.75 Å². The number of anilines is 2. The second-order valence-electron chi connectivity index (χ2n) is 18.3. The van der Waals surface area contributed by atoms with Gasteiger partial charge in [0.05, 0.1) is 65.2 Å². The number of hydrogen-bond donors (Lipinski definition) is 7. The van der Waals surface area contributed by atoms with Crippen LogP contribution in [0.4, 0.5) is 11.6 Å². The third-order valence-corrected chi connectivity index (χ3v) is 13.4. The molecule has 9 atom stereocenters. The molecule has 0 aliphatic carbocycles. The number of aromatic nitrogens is 6. The molecular weight excluding hydrogens is 1000 g/mol. The Balaban J connectivity index is 0.940. The summed E-state index contributed by atoms with van der Waals surface area (Å²) >= 11 is 0. The van der Waals surface area contributed by atoms with Gasteiger partial charge in [0, 0.05) is 59.4 Å². The van der Waals surface area contributed by atoms with Crippen molar-refractivity contribution in [3.05, 3.63) is 65.2 Å². The van der Waals surface area contributed by atoms with Crippen molar-refractivity contribution in [2.45, 2.75) is 114 Å². The molecule has 6 rings (SSSR count). The number of fused-ring (bicyclic) bond motifs is 1. The maximum atomic E-state index is 13.6. The van der Waals surface area contributed by atoms with Gasteiger partial charge in [-0.25, -0.2) is 24.3 Å². The molecule has 2 amide bonds. The van der Waals surface area contributed by atoms with Crippen LogP contribution in [0.15, 0.2) is 54.0 Å². The average molecular weight is 1080 g/mol. The first-order valence-corrected chi connectivity index (χ1v) is 26.8. The molecule has 416 valence electrons. The van der Waals surface area contributed by atoms with Crippen LogP contribution in [0.2, 0.25) is 0 Å². The lowest BCUT2D eigenvalue weighted by atomic mass is 10.0. The lowest BCUT2D eigenvalue weighted by Crippen LogP contribution is -2.53. The molecule has 0 spiro atoms. The third-order valence-electron chi connectivity index (χ3n) is 12.4. The number of nitrogens with one attached hydrogen (secondary N) is 3. The fraction of sp³-hybridized carbons (Fsp3) is 0.646. The van der Waals surface area contributed by atoms with Gasteiger partial charge in [-0.3, -0.25) is 27.8 Å². The van der Waals surface area contributed by atoms with Crippen LogP contribution >= 0.6 is 7.82 Å². The van der Waals surface area contributed by atoms with Crippen LogP contribution in [0.1, 0.15) is 76.3 Å². The fourth-order valence-electron chi connectivity index (χ4n) is 8.41. The van der Waals surface area contributed by atoms with E-state index in [9.17, 15) is 34.1 Å². The van der Waals surface area contributed by atoms with Crippen LogP contribution in [0.25, 0.3) is 11.2 Å². The molecule has 3 unspecified atom stereocenters. The van der Waals surface area contributed by atoms with Crippen LogP contribution < -0.4 is 37.0 Å². The summed E-state index contributed by atoms with van der Waals surface area (Å²) in [6.45, 7) is 4.57. The summed E-state index contributed by atoms with van der Waals surface area (Å²) in [5.74, 6) is 0.884. The molecule has 27 heteroatoms. The fourth-order valence-corrected chi connectivity index (χ4v) is 9.37. The number of imidazole rings is 1. The van der Waals surface area contributed by atoms with Crippen molar-refractivity contribution in [2.75, 3.05) is 97.4 Å². The topological polar surface area (TPSA) is 330 Å². The summed E-state index contributed by atoms with van der Waals surface area (Å²) in [6, 6.07) is 6.28. The van der Waals surface area contributed by atoms with E-state index in [0.717, 1.165) is 37.7 Å². The molecular formula is C48H74N11O15P. The predicted molar refractivity (Wildman–Crippen MR) is 273 cm³/mol. The van der Waals surface area contributed by atoms with E-state index < -0.39 is 81.6 Å². The van der Waals surface area contributed by atoms with Crippen molar-refractivity contribution in [1.82, 2.24) is 39.7 Å². The molecule has 2 aliphatic heterocycles. The van der Waals surface area contributed by atoms with E-state index in [1.54, 1.807) is 49.3 Å². The number of aliphatic hydroxyl groups is 2. The van der Waals surface area contributed by atoms with Crippen LogP contribution in [-0.2, 0) is 53.3 Å². The predicted octanol–water partition coefficient (Wildman–Crippen LogP) is 1.58. The van der Waals surface area contributed by atoms with Gasteiger partial charge in [-0.2, -0.15) is 4.98 Å². The zero-order chi connectivity index (χ0) is 53.7. The molecule has 4 aromatic rings. The second kappa shape index (κ2) is 29.9. The Hall–Kier alpha value is -5.22. The Bertz CT molecular complexity index is 2490. The summed E-state index contributed by atoms with van der Waals surface area (Å²) in [6.07, 6.45) is 3.08. The van der Waals surface area contributed by atoms with Gasteiger partial charge in [-0.1, -0.05) is 38.3 Å². The highest BCUT2D eigenvalue weighted by Crippen LogP contribution is 2.49. The summed E-state index contributed by atoms with van der Waals surface area (Å²) in [5.41, 5.74) is 7.11. The van der Waals surface area contributed by atoms with Gasteiger partial charge in [0.25, 0.3) is 0 Å². The third kappa shape index (κ3) is 17.7. The minimum Gasteiger partial charge on any atom is -0.497 e. The molecule has 3 aromatic heterocycles.